The van der Waals surface area contributed by atoms with Crippen LogP contribution in [-0.4, -0.2) is 12.6 Å². The Hall–Kier alpha value is -1.96. The summed E-state index contributed by atoms with van der Waals surface area (Å²) in [6.07, 6.45) is 9.18. The monoisotopic (exact) mass is 225 g/mol. The average Bonchev–Trinajstić information content (AvgIpc) is 3.00. The number of nitrogens with one attached hydrogen (secondary N) is 1. The molecule has 1 aromatic rings. The third kappa shape index (κ3) is 2.26. The van der Waals surface area contributed by atoms with Crippen molar-refractivity contribution in [2.75, 3.05) is 6.61 Å². The summed E-state index contributed by atoms with van der Waals surface area (Å²) in [4.78, 5) is 0. The highest BCUT2D eigenvalue weighted by Gasteiger charge is 2.21. The van der Waals surface area contributed by atoms with Gasteiger partial charge in [0.05, 0.1) is 6.04 Å². The van der Waals surface area contributed by atoms with E-state index in [9.17, 15) is 0 Å². The van der Waals surface area contributed by atoms with Crippen LogP contribution in [0.1, 0.15) is 5.56 Å². The van der Waals surface area contributed by atoms with Gasteiger partial charge in [-0.25, -0.2) is 0 Å². The van der Waals surface area contributed by atoms with Gasteiger partial charge in [0, 0.05) is 5.57 Å². The van der Waals surface area contributed by atoms with Crippen LogP contribution >= 0.6 is 0 Å². The molecular formula is C15H15NO. The van der Waals surface area contributed by atoms with Gasteiger partial charge in [0.15, 0.2) is 5.88 Å². The summed E-state index contributed by atoms with van der Waals surface area (Å²) in [5.74, 6) is 0.913. The maximum Gasteiger partial charge on any atom is 0.194 e. The molecule has 2 aliphatic rings. The number of ether oxygens (including phenoxy) is 1. The minimum Gasteiger partial charge on any atom is -0.477 e. The molecule has 0 aromatic heterocycles. The largest absolute Gasteiger partial charge is 0.477 e. The van der Waals surface area contributed by atoms with Crippen molar-refractivity contribution in [2.45, 2.75) is 12.5 Å². The van der Waals surface area contributed by atoms with Crippen LogP contribution in [-0.2, 0) is 11.2 Å². The predicted octanol–water partition coefficient (Wildman–Crippen LogP) is 2.56. The fourth-order valence-corrected chi connectivity index (χ4v) is 2.15. The van der Waals surface area contributed by atoms with E-state index in [2.05, 4.69) is 41.7 Å². The number of allylic oxidation sites excluding steroid dienone is 5. The lowest BCUT2D eigenvalue weighted by Crippen LogP contribution is -2.25. The molecule has 0 unspecified atom stereocenters. The van der Waals surface area contributed by atoms with E-state index in [4.69, 9.17) is 4.74 Å². The van der Waals surface area contributed by atoms with Gasteiger partial charge in [-0.05, 0) is 24.1 Å². The lowest BCUT2D eigenvalue weighted by molar-refractivity contribution is 0.252. The molecule has 1 atom stereocenters. The molecule has 0 amide bonds. The summed E-state index contributed by atoms with van der Waals surface area (Å²) in [6, 6.07) is 10.9. The van der Waals surface area contributed by atoms with E-state index >= 15 is 0 Å². The molecule has 1 aromatic carbocycles. The SMILES string of the molecule is C1=CC(=C2N[C@@H](Cc3ccccc3)CO2)C=C1. The van der Waals surface area contributed by atoms with Crippen LogP contribution in [0.5, 0.6) is 0 Å². The minimum absolute atomic E-state index is 0.377. The number of hydrogen-bond acceptors (Lipinski definition) is 2. The second-order valence-electron chi connectivity index (χ2n) is 4.34. The second kappa shape index (κ2) is 4.50. The Labute approximate surface area is 101 Å². The smallest absolute Gasteiger partial charge is 0.194 e. The molecule has 0 spiro atoms. The quantitative estimate of drug-likeness (QED) is 0.835. The van der Waals surface area contributed by atoms with Gasteiger partial charge in [-0.15, -0.1) is 0 Å². The van der Waals surface area contributed by atoms with Crippen LogP contribution in [0.4, 0.5) is 0 Å². The second-order valence-corrected chi connectivity index (χ2v) is 4.34. The highest BCUT2D eigenvalue weighted by molar-refractivity contribution is 5.42. The third-order valence-electron chi connectivity index (χ3n) is 3.01. The Morgan fingerprint density at radius 2 is 1.88 bits per heavy atom. The van der Waals surface area contributed by atoms with E-state index in [1.807, 2.05) is 18.2 Å². The number of hydrogen-bond donors (Lipinski definition) is 1. The molecule has 0 radical (unpaired) electrons. The molecule has 0 saturated carbocycles. The summed E-state index contributed by atoms with van der Waals surface area (Å²) in [5.41, 5.74) is 2.48. The summed E-state index contributed by atoms with van der Waals surface area (Å²) < 4.78 is 5.69. The van der Waals surface area contributed by atoms with Gasteiger partial charge < -0.3 is 10.1 Å². The van der Waals surface area contributed by atoms with Crippen molar-refractivity contribution in [3.63, 3.8) is 0 Å². The zero-order valence-electron chi connectivity index (χ0n) is 9.60. The Morgan fingerprint density at radius 3 is 2.65 bits per heavy atom. The molecule has 2 heteroatoms. The van der Waals surface area contributed by atoms with E-state index in [1.54, 1.807) is 0 Å². The van der Waals surface area contributed by atoms with Crippen LogP contribution in [0.25, 0.3) is 0 Å². The van der Waals surface area contributed by atoms with Crippen LogP contribution in [0.15, 0.2) is 66.1 Å². The van der Waals surface area contributed by atoms with Gasteiger partial charge in [0.25, 0.3) is 0 Å². The zero-order chi connectivity index (χ0) is 11.5. The number of rotatable bonds is 2. The lowest BCUT2D eigenvalue weighted by Gasteiger charge is -2.08. The van der Waals surface area contributed by atoms with E-state index < -0.39 is 0 Å². The van der Waals surface area contributed by atoms with E-state index in [0.29, 0.717) is 6.04 Å². The molecule has 1 heterocycles. The van der Waals surface area contributed by atoms with Crippen molar-refractivity contribution < 1.29 is 4.74 Å². The van der Waals surface area contributed by atoms with E-state index in [1.165, 1.54) is 5.56 Å². The van der Waals surface area contributed by atoms with Crippen molar-refractivity contribution in [1.82, 2.24) is 5.32 Å². The van der Waals surface area contributed by atoms with Crippen molar-refractivity contribution >= 4 is 0 Å². The first kappa shape index (κ1) is 10.2. The first-order chi connectivity index (χ1) is 8.42. The van der Waals surface area contributed by atoms with Crippen LogP contribution < -0.4 is 5.32 Å². The fourth-order valence-electron chi connectivity index (χ4n) is 2.15. The highest BCUT2D eigenvalue weighted by Crippen LogP contribution is 2.19. The highest BCUT2D eigenvalue weighted by atomic mass is 16.5. The van der Waals surface area contributed by atoms with E-state index in [0.717, 1.165) is 24.5 Å². The van der Waals surface area contributed by atoms with Gasteiger partial charge >= 0.3 is 0 Å². The van der Waals surface area contributed by atoms with Gasteiger partial charge in [0.2, 0.25) is 0 Å². The summed E-state index contributed by atoms with van der Waals surface area (Å²) in [7, 11) is 0. The van der Waals surface area contributed by atoms with Crippen molar-refractivity contribution in [2.24, 2.45) is 0 Å². The Bertz CT molecular complexity index is 471. The maximum absolute atomic E-state index is 5.69. The van der Waals surface area contributed by atoms with Crippen molar-refractivity contribution in [3.05, 3.63) is 71.7 Å². The van der Waals surface area contributed by atoms with Crippen LogP contribution in [0.3, 0.4) is 0 Å². The lowest BCUT2D eigenvalue weighted by atomic mass is 10.1. The van der Waals surface area contributed by atoms with Crippen LogP contribution in [0, 0.1) is 0 Å². The zero-order valence-corrected chi connectivity index (χ0v) is 9.60. The van der Waals surface area contributed by atoms with Crippen LogP contribution in [0.2, 0.25) is 0 Å². The summed E-state index contributed by atoms with van der Waals surface area (Å²) in [5, 5.41) is 3.44. The Balaban J connectivity index is 1.67. The van der Waals surface area contributed by atoms with Crippen molar-refractivity contribution in [3.8, 4) is 0 Å². The van der Waals surface area contributed by atoms with Crippen molar-refractivity contribution in [1.29, 1.82) is 0 Å². The molecule has 3 rings (SSSR count). The fraction of sp³-hybridized carbons (Fsp3) is 0.200. The maximum atomic E-state index is 5.69. The first-order valence-electron chi connectivity index (χ1n) is 5.94. The standard InChI is InChI=1S/C15H15NO/c1-2-6-12(7-3-1)10-14-11-17-15(16-14)13-8-4-5-9-13/h1-9,14,16H,10-11H2/t14-/m0/s1. The molecule has 2 nitrogen and oxygen atoms in total. The minimum atomic E-state index is 0.377. The van der Waals surface area contributed by atoms with Gasteiger partial charge in [0.1, 0.15) is 6.61 Å². The molecule has 1 aliphatic heterocycles. The Kier molecular flexibility index (Phi) is 2.70. The van der Waals surface area contributed by atoms with Gasteiger partial charge in [-0.1, -0.05) is 42.5 Å². The first-order valence-corrected chi connectivity index (χ1v) is 5.94. The van der Waals surface area contributed by atoms with E-state index in [-0.39, 0.29) is 0 Å². The molecule has 86 valence electrons. The predicted molar refractivity (Wildman–Crippen MR) is 68.3 cm³/mol. The third-order valence-corrected chi connectivity index (χ3v) is 3.01. The average molecular weight is 225 g/mol. The molecule has 17 heavy (non-hydrogen) atoms. The Morgan fingerprint density at radius 1 is 1.12 bits per heavy atom. The van der Waals surface area contributed by atoms with Gasteiger partial charge in [-0.2, -0.15) is 0 Å². The molecular weight excluding hydrogens is 210 g/mol. The van der Waals surface area contributed by atoms with Gasteiger partial charge in [-0.3, -0.25) is 0 Å². The number of benzene rings is 1. The molecule has 1 fully saturated rings. The molecule has 1 saturated heterocycles. The topological polar surface area (TPSA) is 21.3 Å². The molecule has 1 N–H and O–H groups in total. The summed E-state index contributed by atoms with van der Waals surface area (Å²) >= 11 is 0. The molecule has 0 bridgehead atoms. The normalized spacial score (nSPS) is 21.8. The summed E-state index contributed by atoms with van der Waals surface area (Å²) in [6.45, 7) is 0.745. The molecule has 1 aliphatic carbocycles.